The van der Waals surface area contributed by atoms with Gasteiger partial charge in [-0.2, -0.15) is 4.52 Å². The second-order valence-corrected chi connectivity index (χ2v) is 6.99. The first-order valence-corrected chi connectivity index (χ1v) is 8.03. The minimum atomic E-state index is -0.0543. The van der Waals surface area contributed by atoms with Crippen LogP contribution in [-0.2, 0) is 5.41 Å². The van der Waals surface area contributed by atoms with Gasteiger partial charge in [0.25, 0.3) is 0 Å². The third kappa shape index (κ3) is 3.01. The van der Waals surface area contributed by atoms with Crippen LogP contribution < -0.4 is 4.90 Å². The average molecular weight is 287 g/mol. The van der Waals surface area contributed by atoms with Gasteiger partial charge in [0.2, 0.25) is 0 Å². The maximum atomic E-state index is 4.82. The summed E-state index contributed by atoms with van der Waals surface area (Å²) < 4.78 is 1.91. The van der Waals surface area contributed by atoms with E-state index in [1.54, 1.807) is 0 Å². The molecule has 1 aliphatic rings. The van der Waals surface area contributed by atoms with Crippen molar-refractivity contribution < 1.29 is 0 Å². The molecular formula is C16H25N5. The van der Waals surface area contributed by atoms with Gasteiger partial charge >= 0.3 is 0 Å². The van der Waals surface area contributed by atoms with E-state index in [0.29, 0.717) is 0 Å². The average Bonchev–Trinajstić information content (AvgIpc) is 2.80. The van der Waals surface area contributed by atoms with Crippen LogP contribution in [0, 0.1) is 0 Å². The third-order valence-electron chi connectivity index (χ3n) is 4.10. The second-order valence-electron chi connectivity index (χ2n) is 6.99. The van der Waals surface area contributed by atoms with Gasteiger partial charge in [-0.25, -0.2) is 0 Å². The molecule has 1 aliphatic heterocycles. The lowest BCUT2D eigenvalue weighted by molar-refractivity contribution is 0.522. The summed E-state index contributed by atoms with van der Waals surface area (Å²) in [5, 5.41) is 13.4. The van der Waals surface area contributed by atoms with Gasteiger partial charge in [0.15, 0.2) is 11.5 Å². The molecule has 0 saturated carbocycles. The zero-order valence-electron chi connectivity index (χ0n) is 13.3. The van der Waals surface area contributed by atoms with Crippen LogP contribution in [0.1, 0.15) is 58.7 Å². The number of hydrogen-bond acceptors (Lipinski definition) is 4. The van der Waals surface area contributed by atoms with Crippen LogP contribution in [0.3, 0.4) is 0 Å². The molecular weight excluding hydrogens is 262 g/mol. The van der Waals surface area contributed by atoms with E-state index in [-0.39, 0.29) is 5.41 Å². The van der Waals surface area contributed by atoms with Crippen LogP contribution in [-0.4, -0.2) is 32.9 Å². The van der Waals surface area contributed by atoms with Crippen molar-refractivity contribution in [3.8, 4) is 0 Å². The molecule has 1 saturated heterocycles. The van der Waals surface area contributed by atoms with E-state index in [1.807, 2.05) is 10.6 Å². The number of hydrogen-bond donors (Lipinski definition) is 0. The van der Waals surface area contributed by atoms with E-state index in [4.69, 9.17) is 5.10 Å². The second kappa shape index (κ2) is 5.62. The van der Waals surface area contributed by atoms with Crippen LogP contribution in [0.25, 0.3) is 5.65 Å². The summed E-state index contributed by atoms with van der Waals surface area (Å²) in [5.41, 5.74) is 0.775. The standard InChI is InChI=1S/C16H25N5/c1-16(2,3)15-18-17-13-9-10-14(19-21(13)15)20-11-7-5-4-6-8-12-20/h9-10H,4-8,11-12H2,1-3H3. The summed E-state index contributed by atoms with van der Waals surface area (Å²) in [6, 6.07) is 4.11. The van der Waals surface area contributed by atoms with Crippen molar-refractivity contribution >= 4 is 11.5 Å². The van der Waals surface area contributed by atoms with E-state index in [2.05, 4.69) is 41.9 Å². The van der Waals surface area contributed by atoms with Crippen molar-refractivity contribution in [2.24, 2.45) is 0 Å². The van der Waals surface area contributed by atoms with Gasteiger partial charge in [0.05, 0.1) is 0 Å². The van der Waals surface area contributed by atoms with Crippen LogP contribution in [0.5, 0.6) is 0 Å². The molecule has 2 aromatic rings. The monoisotopic (exact) mass is 287 g/mol. The summed E-state index contributed by atoms with van der Waals surface area (Å²) >= 11 is 0. The first-order valence-electron chi connectivity index (χ1n) is 8.03. The largest absolute Gasteiger partial charge is 0.355 e. The topological polar surface area (TPSA) is 46.3 Å². The highest BCUT2D eigenvalue weighted by Gasteiger charge is 2.22. The maximum Gasteiger partial charge on any atom is 0.178 e. The molecule has 5 heteroatoms. The van der Waals surface area contributed by atoms with E-state index < -0.39 is 0 Å². The lowest BCUT2D eigenvalue weighted by atomic mass is 9.96. The molecule has 0 radical (unpaired) electrons. The number of aromatic nitrogens is 4. The van der Waals surface area contributed by atoms with Crippen molar-refractivity contribution in [1.82, 2.24) is 19.8 Å². The first kappa shape index (κ1) is 14.3. The van der Waals surface area contributed by atoms with E-state index >= 15 is 0 Å². The van der Waals surface area contributed by atoms with E-state index in [9.17, 15) is 0 Å². The summed E-state index contributed by atoms with van der Waals surface area (Å²) in [6.07, 6.45) is 6.55. The fourth-order valence-corrected chi connectivity index (χ4v) is 2.89. The van der Waals surface area contributed by atoms with Gasteiger partial charge in [0, 0.05) is 18.5 Å². The van der Waals surface area contributed by atoms with Crippen molar-refractivity contribution in [2.45, 2.75) is 58.3 Å². The minimum absolute atomic E-state index is 0.0543. The molecule has 21 heavy (non-hydrogen) atoms. The van der Waals surface area contributed by atoms with Gasteiger partial charge in [-0.15, -0.1) is 15.3 Å². The molecule has 0 aliphatic carbocycles. The maximum absolute atomic E-state index is 4.82. The molecule has 0 bridgehead atoms. The van der Waals surface area contributed by atoms with E-state index in [1.165, 1.54) is 32.1 Å². The van der Waals surface area contributed by atoms with E-state index in [0.717, 1.165) is 30.4 Å². The lowest BCUT2D eigenvalue weighted by Gasteiger charge is -2.26. The Bertz CT molecular complexity index is 603. The molecule has 3 rings (SSSR count). The molecule has 0 N–H and O–H groups in total. The molecule has 0 spiro atoms. The highest BCUT2D eigenvalue weighted by molar-refractivity contribution is 5.46. The van der Waals surface area contributed by atoms with Gasteiger partial charge in [0.1, 0.15) is 5.82 Å². The van der Waals surface area contributed by atoms with Crippen LogP contribution in [0.2, 0.25) is 0 Å². The molecule has 0 amide bonds. The smallest absolute Gasteiger partial charge is 0.178 e. The van der Waals surface area contributed by atoms with Crippen molar-refractivity contribution in [2.75, 3.05) is 18.0 Å². The number of anilines is 1. The van der Waals surface area contributed by atoms with Gasteiger partial charge in [-0.1, -0.05) is 40.0 Å². The quantitative estimate of drug-likeness (QED) is 0.808. The Kier molecular flexibility index (Phi) is 3.83. The van der Waals surface area contributed by atoms with Gasteiger partial charge in [-0.05, 0) is 25.0 Å². The van der Waals surface area contributed by atoms with Gasteiger partial charge < -0.3 is 4.90 Å². The fourth-order valence-electron chi connectivity index (χ4n) is 2.89. The molecule has 0 unspecified atom stereocenters. The molecule has 3 heterocycles. The van der Waals surface area contributed by atoms with Crippen LogP contribution in [0.4, 0.5) is 5.82 Å². The van der Waals surface area contributed by atoms with Crippen LogP contribution >= 0.6 is 0 Å². The predicted octanol–water partition coefficient (Wildman–Crippen LogP) is 3.19. The summed E-state index contributed by atoms with van der Waals surface area (Å²) in [6.45, 7) is 8.65. The SMILES string of the molecule is CC(C)(C)c1nnc2ccc(N3CCCCCCC3)nn12. The number of fused-ring (bicyclic) bond motifs is 1. The fraction of sp³-hybridized carbons (Fsp3) is 0.688. The zero-order valence-corrected chi connectivity index (χ0v) is 13.3. The zero-order chi connectivity index (χ0) is 14.9. The highest BCUT2D eigenvalue weighted by Crippen LogP contribution is 2.22. The Morgan fingerprint density at radius 2 is 1.57 bits per heavy atom. The van der Waals surface area contributed by atoms with Crippen molar-refractivity contribution in [1.29, 1.82) is 0 Å². The molecule has 1 fully saturated rings. The highest BCUT2D eigenvalue weighted by atomic mass is 15.4. The Morgan fingerprint density at radius 3 is 2.24 bits per heavy atom. The van der Waals surface area contributed by atoms with Gasteiger partial charge in [-0.3, -0.25) is 0 Å². The Morgan fingerprint density at radius 1 is 0.905 bits per heavy atom. The molecule has 114 valence electrons. The summed E-state index contributed by atoms with van der Waals surface area (Å²) in [5.74, 6) is 1.97. The predicted molar refractivity (Wildman–Crippen MR) is 84.8 cm³/mol. The summed E-state index contributed by atoms with van der Waals surface area (Å²) in [4.78, 5) is 2.41. The number of nitrogens with zero attached hydrogens (tertiary/aromatic N) is 5. The molecule has 0 atom stereocenters. The molecule has 2 aromatic heterocycles. The first-order chi connectivity index (χ1) is 10.1. The van der Waals surface area contributed by atoms with Crippen molar-refractivity contribution in [3.05, 3.63) is 18.0 Å². The molecule has 5 nitrogen and oxygen atoms in total. The number of rotatable bonds is 1. The van der Waals surface area contributed by atoms with Crippen LogP contribution in [0.15, 0.2) is 12.1 Å². The van der Waals surface area contributed by atoms with Crippen molar-refractivity contribution in [3.63, 3.8) is 0 Å². The Hall–Kier alpha value is -1.65. The summed E-state index contributed by atoms with van der Waals surface area (Å²) in [7, 11) is 0. The third-order valence-corrected chi connectivity index (χ3v) is 4.10. The Labute approximate surface area is 126 Å². The normalized spacial score (nSPS) is 17.8. The minimum Gasteiger partial charge on any atom is -0.355 e. The Balaban J connectivity index is 1.95. The lowest BCUT2D eigenvalue weighted by Crippen LogP contribution is -2.28. The molecule has 0 aromatic carbocycles.